The molecule has 2 rings (SSSR count). The summed E-state index contributed by atoms with van der Waals surface area (Å²) in [5, 5.41) is 10.5. The van der Waals surface area contributed by atoms with Crippen LogP contribution < -0.4 is 5.32 Å². The maximum absolute atomic E-state index is 13.9. The summed E-state index contributed by atoms with van der Waals surface area (Å²) in [6.07, 6.45) is -1.62. The van der Waals surface area contributed by atoms with Crippen LogP contribution in [0.3, 0.4) is 0 Å². The van der Waals surface area contributed by atoms with Gasteiger partial charge in [-0.15, -0.1) is 0 Å². The van der Waals surface area contributed by atoms with Crippen LogP contribution in [0.2, 0.25) is 0 Å². The van der Waals surface area contributed by atoms with Crippen molar-refractivity contribution in [1.29, 1.82) is 0 Å². The first-order valence-corrected chi connectivity index (χ1v) is 7.32. The Labute approximate surface area is 132 Å². The Bertz CT molecular complexity index is 546. The fourth-order valence-electron chi connectivity index (χ4n) is 2.51. The molecule has 0 aliphatic heterocycles. The molecule has 1 aromatic carbocycles. The third kappa shape index (κ3) is 4.67. The van der Waals surface area contributed by atoms with Crippen LogP contribution >= 0.6 is 0 Å². The van der Waals surface area contributed by atoms with Gasteiger partial charge in [0.25, 0.3) is 0 Å². The number of carboxylic acid groups (broad SMARTS) is 1. The van der Waals surface area contributed by atoms with E-state index in [1.54, 1.807) is 6.07 Å². The third-order valence-corrected chi connectivity index (χ3v) is 4.10. The van der Waals surface area contributed by atoms with E-state index in [2.05, 4.69) is 11.4 Å². The van der Waals surface area contributed by atoms with E-state index >= 15 is 0 Å². The summed E-state index contributed by atoms with van der Waals surface area (Å²) in [7, 11) is 1.97. The normalized spacial score (nSPS) is 16.3. The van der Waals surface area contributed by atoms with Gasteiger partial charge in [-0.1, -0.05) is 26.0 Å². The van der Waals surface area contributed by atoms with Crippen molar-refractivity contribution >= 4 is 5.97 Å². The summed E-state index contributed by atoms with van der Waals surface area (Å²) >= 11 is 0. The van der Waals surface area contributed by atoms with E-state index in [1.807, 2.05) is 27.0 Å². The predicted molar refractivity (Wildman–Crippen MR) is 78.8 cm³/mol. The lowest BCUT2D eigenvalue weighted by molar-refractivity contribution is -0.192. The molecule has 130 valence electrons. The number of halogens is 4. The van der Waals surface area contributed by atoms with Crippen LogP contribution in [0.4, 0.5) is 17.6 Å². The molecule has 2 N–H and O–H groups in total. The molecule has 0 radical (unpaired) electrons. The van der Waals surface area contributed by atoms with Gasteiger partial charge >= 0.3 is 12.1 Å². The second kappa shape index (κ2) is 7.29. The van der Waals surface area contributed by atoms with Crippen molar-refractivity contribution < 1.29 is 27.5 Å². The number of hydrogen-bond acceptors (Lipinski definition) is 2. The number of nitrogens with one attached hydrogen (secondary N) is 1. The Kier molecular flexibility index (Phi) is 6.16. The number of alkyl halides is 3. The average molecular weight is 335 g/mol. The van der Waals surface area contributed by atoms with Crippen molar-refractivity contribution in [2.75, 3.05) is 7.05 Å². The van der Waals surface area contributed by atoms with Gasteiger partial charge < -0.3 is 10.4 Å². The quantitative estimate of drug-likeness (QED) is 0.815. The maximum atomic E-state index is 13.9. The second-order valence-corrected chi connectivity index (χ2v) is 5.88. The van der Waals surface area contributed by atoms with E-state index in [0.29, 0.717) is 0 Å². The largest absolute Gasteiger partial charge is 0.490 e. The van der Waals surface area contributed by atoms with Gasteiger partial charge in [-0.25, -0.2) is 9.18 Å². The van der Waals surface area contributed by atoms with E-state index in [1.165, 1.54) is 6.42 Å². The summed E-state index contributed by atoms with van der Waals surface area (Å²) in [6.45, 7) is 4.05. The minimum atomic E-state index is -5.08. The lowest BCUT2D eigenvalue weighted by Gasteiger charge is -2.42. The molecule has 7 heteroatoms. The standard InChI is InChI=1S/C14H20FN.C2HF3O2/c1-10(2)12-6-5-11(9-13(12)15)14(16-3)7-4-8-14;3-2(4,5)1(6)7/h5-6,9-10,16H,4,7-8H2,1-3H3;(H,6,7). The zero-order valence-electron chi connectivity index (χ0n) is 13.3. The zero-order chi connectivity index (χ0) is 17.8. The molecule has 0 saturated heterocycles. The molecule has 0 unspecified atom stereocenters. The first kappa shape index (κ1) is 19.4. The Morgan fingerprint density at radius 1 is 1.30 bits per heavy atom. The topological polar surface area (TPSA) is 49.3 Å². The van der Waals surface area contributed by atoms with Crippen molar-refractivity contribution in [3.8, 4) is 0 Å². The highest BCUT2D eigenvalue weighted by molar-refractivity contribution is 5.73. The summed E-state index contributed by atoms with van der Waals surface area (Å²) in [4.78, 5) is 8.90. The summed E-state index contributed by atoms with van der Waals surface area (Å²) in [6, 6.07) is 5.73. The number of hydrogen-bond donors (Lipinski definition) is 2. The van der Waals surface area contributed by atoms with Gasteiger partial charge in [-0.3, -0.25) is 0 Å². The number of rotatable bonds is 3. The SMILES string of the molecule is CNC1(c2ccc(C(C)C)c(F)c2)CCC1.O=C(O)C(F)(F)F. The van der Waals surface area contributed by atoms with E-state index < -0.39 is 12.1 Å². The maximum Gasteiger partial charge on any atom is 0.490 e. The van der Waals surface area contributed by atoms with Crippen LogP contribution in [-0.4, -0.2) is 24.3 Å². The minimum Gasteiger partial charge on any atom is -0.475 e. The Hall–Kier alpha value is -1.63. The van der Waals surface area contributed by atoms with Crippen molar-refractivity contribution in [3.63, 3.8) is 0 Å². The molecule has 1 aliphatic carbocycles. The highest BCUT2D eigenvalue weighted by Gasteiger charge is 2.38. The van der Waals surface area contributed by atoms with Crippen molar-refractivity contribution in [2.45, 2.75) is 50.7 Å². The van der Waals surface area contributed by atoms with E-state index in [0.717, 1.165) is 24.0 Å². The first-order valence-electron chi connectivity index (χ1n) is 7.32. The van der Waals surface area contributed by atoms with E-state index in [4.69, 9.17) is 9.90 Å². The van der Waals surface area contributed by atoms with Gasteiger partial charge in [0.1, 0.15) is 5.82 Å². The molecule has 0 heterocycles. The van der Waals surface area contributed by atoms with Gasteiger partial charge in [-0.05, 0) is 49.4 Å². The monoisotopic (exact) mass is 335 g/mol. The summed E-state index contributed by atoms with van der Waals surface area (Å²) in [5.74, 6) is -2.57. The number of aliphatic carboxylic acids is 1. The molecule has 1 aliphatic rings. The molecular weight excluding hydrogens is 314 g/mol. The lowest BCUT2D eigenvalue weighted by atomic mass is 9.71. The average Bonchev–Trinajstić information content (AvgIpc) is 2.37. The van der Waals surface area contributed by atoms with Crippen molar-refractivity contribution in [2.24, 2.45) is 0 Å². The van der Waals surface area contributed by atoms with Gasteiger partial charge in [0.15, 0.2) is 0 Å². The second-order valence-electron chi connectivity index (χ2n) is 5.88. The minimum absolute atomic E-state index is 0.0380. The molecule has 0 atom stereocenters. The first-order chi connectivity index (χ1) is 10.5. The molecule has 1 aromatic rings. The van der Waals surface area contributed by atoms with Crippen LogP contribution in [0.5, 0.6) is 0 Å². The third-order valence-electron chi connectivity index (χ3n) is 4.10. The Balaban J connectivity index is 0.000000322. The van der Waals surface area contributed by atoms with Crippen molar-refractivity contribution in [3.05, 3.63) is 35.1 Å². The Morgan fingerprint density at radius 3 is 2.09 bits per heavy atom. The molecule has 0 aromatic heterocycles. The van der Waals surface area contributed by atoms with Crippen LogP contribution in [-0.2, 0) is 10.3 Å². The molecule has 23 heavy (non-hydrogen) atoms. The van der Waals surface area contributed by atoms with E-state index in [-0.39, 0.29) is 17.3 Å². The van der Waals surface area contributed by atoms with Crippen molar-refractivity contribution in [1.82, 2.24) is 5.32 Å². The van der Waals surface area contributed by atoms with Crippen LogP contribution in [0, 0.1) is 5.82 Å². The fraction of sp³-hybridized carbons (Fsp3) is 0.562. The number of carboxylic acids is 1. The van der Waals surface area contributed by atoms with Crippen LogP contribution in [0.25, 0.3) is 0 Å². The summed E-state index contributed by atoms with van der Waals surface area (Å²) in [5.41, 5.74) is 1.95. The van der Waals surface area contributed by atoms with E-state index in [9.17, 15) is 17.6 Å². The van der Waals surface area contributed by atoms with Gasteiger partial charge in [0, 0.05) is 5.54 Å². The lowest BCUT2D eigenvalue weighted by Crippen LogP contribution is -2.46. The number of carbonyl (C=O) groups is 1. The molecule has 3 nitrogen and oxygen atoms in total. The fourth-order valence-corrected chi connectivity index (χ4v) is 2.51. The van der Waals surface area contributed by atoms with Gasteiger partial charge in [0.2, 0.25) is 0 Å². The molecule has 0 bridgehead atoms. The smallest absolute Gasteiger partial charge is 0.475 e. The van der Waals surface area contributed by atoms with Gasteiger partial charge in [-0.2, -0.15) is 13.2 Å². The molecule has 1 fully saturated rings. The molecule has 0 spiro atoms. The Morgan fingerprint density at radius 2 is 1.83 bits per heavy atom. The number of benzene rings is 1. The van der Waals surface area contributed by atoms with Gasteiger partial charge in [0.05, 0.1) is 0 Å². The molecule has 1 saturated carbocycles. The van der Waals surface area contributed by atoms with Crippen LogP contribution in [0.15, 0.2) is 18.2 Å². The highest BCUT2D eigenvalue weighted by Crippen LogP contribution is 2.41. The molecule has 0 amide bonds. The zero-order valence-corrected chi connectivity index (χ0v) is 13.3. The molecular formula is C16H21F4NO2. The van der Waals surface area contributed by atoms with Crippen LogP contribution in [0.1, 0.15) is 50.2 Å². The predicted octanol–water partition coefficient (Wildman–Crippen LogP) is 4.18. The summed E-state index contributed by atoms with van der Waals surface area (Å²) < 4.78 is 45.6. The highest BCUT2D eigenvalue weighted by atomic mass is 19.4.